The van der Waals surface area contributed by atoms with Crippen molar-refractivity contribution >= 4 is 17.4 Å². The highest BCUT2D eigenvalue weighted by atomic mass is 35.5. The first-order valence-corrected chi connectivity index (χ1v) is 7.76. The highest BCUT2D eigenvalue weighted by Crippen LogP contribution is 2.29. The molecule has 0 heterocycles. The van der Waals surface area contributed by atoms with Crippen LogP contribution in [-0.2, 0) is 4.79 Å². The second-order valence-electron chi connectivity index (χ2n) is 5.62. The standard InChI is InChI=1S/C17H20ClNO/c18-15-9-7-14(8-10-15)16(12-19)17(20)11-6-13-4-2-1-3-5-13/h7-10,13,16H,1-6,11H2. The van der Waals surface area contributed by atoms with E-state index >= 15 is 0 Å². The van der Waals surface area contributed by atoms with Crippen molar-refractivity contribution in [1.82, 2.24) is 0 Å². The summed E-state index contributed by atoms with van der Waals surface area (Å²) in [6.45, 7) is 0. The van der Waals surface area contributed by atoms with Gasteiger partial charge < -0.3 is 0 Å². The van der Waals surface area contributed by atoms with Gasteiger partial charge in [0.05, 0.1) is 6.07 Å². The summed E-state index contributed by atoms with van der Waals surface area (Å²) in [7, 11) is 0. The van der Waals surface area contributed by atoms with Crippen LogP contribution in [0.3, 0.4) is 0 Å². The monoisotopic (exact) mass is 289 g/mol. The molecule has 20 heavy (non-hydrogen) atoms. The summed E-state index contributed by atoms with van der Waals surface area (Å²) in [6, 6.07) is 9.14. The lowest BCUT2D eigenvalue weighted by Gasteiger charge is -2.21. The minimum Gasteiger partial charge on any atom is -0.298 e. The lowest BCUT2D eigenvalue weighted by Crippen LogP contribution is -2.14. The molecule has 0 aliphatic heterocycles. The van der Waals surface area contributed by atoms with Gasteiger partial charge in [0.15, 0.2) is 5.78 Å². The largest absolute Gasteiger partial charge is 0.298 e. The third kappa shape index (κ3) is 4.08. The highest BCUT2D eigenvalue weighted by Gasteiger charge is 2.22. The van der Waals surface area contributed by atoms with Gasteiger partial charge in [-0.25, -0.2) is 0 Å². The number of Topliss-reactive ketones (excluding diaryl/α,β-unsaturated/α-hetero) is 1. The van der Waals surface area contributed by atoms with Crippen LogP contribution in [0.25, 0.3) is 0 Å². The minimum absolute atomic E-state index is 0.0420. The van der Waals surface area contributed by atoms with Gasteiger partial charge >= 0.3 is 0 Å². The van der Waals surface area contributed by atoms with Crippen molar-refractivity contribution in [2.24, 2.45) is 5.92 Å². The van der Waals surface area contributed by atoms with Crippen LogP contribution in [0.15, 0.2) is 24.3 Å². The van der Waals surface area contributed by atoms with Gasteiger partial charge in [-0.1, -0.05) is 55.8 Å². The molecule has 1 aliphatic carbocycles. The number of nitrogens with zero attached hydrogens (tertiary/aromatic N) is 1. The second-order valence-corrected chi connectivity index (χ2v) is 6.06. The number of halogens is 1. The molecular formula is C17H20ClNO. The lowest BCUT2D eigenvalue weighted by molar-refractivity contribution is -0.119. The Morgan fingerprint density at radius 2 is 1.90 bits per heavy atom. The van der Waals surface area contributed by atoms with Crippen LogP contribution < -0.4 is 0 Å². The van der Waals surface area contributed by atoms with E-state index in [2.05, 4.69) is 6.07 Å². The molecule has 3 heteroatoms. The number of carbonyl (C=O) groups excluding carboxylic acids is 1. The van der Waals surface area contributed by atoms with Crippen molar-refractivity contribution < 1.29 is 4.79 Å². The van der Waals surface area contributed by atoms with E-state index in [4.69, 9.17) is 11.6 Å². The van der Waals surface area contributed by atoms with E-state index in [1.807, 2.05) is 0 Å². The summed E-state index contributed by atoms with van der Waals surface area (Å²) < 4.78 is 0. The first kappa shape index (κ1) is 15.1. The molecule has 1 atom stereocenters. The zero-order valence-corrected chi connectivity index (χ0v) is 12.4. The summed E-state index contributed by atoms with van der Waals surface area (Å²) in [5, 5.41) is 9.88. The van der Waals surface area contributed by atoms with E-state index in [0.29, 0.717) is 17.4 Å². The number of carbonyl (C=O) groups is 1. The first-order valence-electron chi connectivity index (χ1n) is 7.38. The van der Waals surface area contributed by atoms with Crippen molar-refractivity contribution in [3.8, 4) is 6.07 Å². The predicted molar refractivity (Wildman–Crippen MR) is 80.6 cm³/mol. The number of nitriles is 1. The van der Waals surface area contributed by atoms with Crippen LogP contribution in [0.1, 0.15) is 56.4 Å². The summed E-state index contributed by atoms with van der Waals surface area (Å²) >= 11 is 5.83. The van der Waals surface area contributed by atoms with Crippen LogP contribution in [-0.4, -0.2) is 5.78 Å². The molecule has 0 saturated heterocycles. The molecule has 0 spiro atoms. The van der Waals surface area contributed by atoms with E-state index in [1.54, 1.807) is 24.3 Å². The van der Waals surface area contributed by atoms with E-state index in [0.717, 1.165) is 12.0 Å². The van der Waals surface area contributed by atoms with Crippen LogP contribution in [0.2, 0.25) is 5.02 Å². The van der Waals surface area contributed by atoms with E-state index in [9.17, 15) is 10.1 Å². The van der Waals surface area contributed by atoms with Crippen LogP contribution in [0.4, 0.5) is 0 Å². The summed E-state index contributed by atoms with van der Waals surface area (Å²) in [6.07, 6.45) is 7.85. The molecule has 0 radical (unpaired) electrons. The number of benzene rings is 1. The second kappa shape index (κ2) is 7.45. The molecule has 0 bridgehead atoms. The summed E-state index contributed by atoms with van der Waals surface area (Å²) in [5.74, 6) is 0.0773. The molecule has 0 aromatic heterocycles. The normalized spacial score (nSPS) is 17.4. The lowest BCUT2D eigenvalue weighted by atomic mass is 9.84. The molecular weight excluding hydrogens is 270 g/mol. The molecule has 106 valence electrons. The predicted octanol–water partition coefficient (Wildman–Crippen LogP) is 4.88. The van der Waals surface area contributed by atoms with Gasteiger partial charge in [-0.15, -0.1) is 0 Å². The van der Waals surface area contributed by atoms with Crippen LogP contribution >= 0.6 is 11.6 Å². The van der Waals surface area contributed by atoms with Crippen molar-refractivity contribution in [3.63, 3.8) is 0 Å². The number of rotatable bonds is 5. The molecule has 1 fully saturated rings. The maximum Gasteiger partial charge on any atom is 0.154 e. The van der Waals surface area contributed by atoms with Gasteiger partial charge in [-0.3, -0.25) is 4.79 Å². The van der Waals surface area contributed by atoms with E-state index in [-0.39, 0.29) is 5.78 Å². The molecule has 1 aliphatic rings. The number of ketones is 1. The maximum absolute atomic E-state index is 12.2. The van der Waals surface area contributed by atoms with E-state index in [1.165, 1.54) is 32.1 Å². The Morgan fingerprint density at radius 3 is 2.50 bits per heavy atom. The zero-order chi connectivity index (χ0) is 14.4. The van der Waals surface area contributed by atoms with Crippen molar-refractivity contribution in [2.45, 2.75) is 50.9 Å². The van der Waals surface area contributed by atoms with Gasteiger partial charge in [-0.2, -0.15) is 5.26 Å². The quantitative estimate of drug-likeness (QED) is 0.775. The Kier molecular flexibility index (Phi) is 5.61. The van der Waals surface area contributed by atoms with Gasteiger partial charge in [0, 0.05) is 11.4 Å². The first-order chi connectivity index (χ1) is 9.70. The molecule has 2 rings (SSSR count). The molecule has 1 aromatic rings. The van der Waals surface area contributed by atoms with Gasteiger partial charge in [0.2, 0.25) is 0 Å². The van der Waals surface area contributed by atoms with Gasteiger partial charge in [-0.05, 0) is 30.0 Å². The Hall–Kier alpha value is -1.33. The Bertz CT molecular complexity index is 483. The average Bonchev–Trinajstić information content (AvgIpc) is 2.49. The van der Waals surface area contributed by atoms with Gasteiger partial charge in [0.1, 0.15) is 5.92 Å². The van der Waals surface area contributed by atoms with Crippen molar-refractivity contribution in [1.29, 1.82) is 5.26 Å². The number of hydrogen-bond acceptors (Lipinski definition) is 2. The maximum atomic E-state index is 12.2. The third-order valence-electron chi connectivity index (χ3n) is 4.18. The third-order valence-corrected chi connectivity index (χ3v) is 4.43. The van der Waals surface area contributed by atoms with E-state index < -0.39 is 5.92 Å². The zero-order valence-electron chi connectivity index (χ0n) is 11.6. The molecule has 0 amide bonds. The SMILES string of the molecule is N#CC(C(=O)CCC1CCCCC1)c1ccc(Cl)cc1. The molecule has 1 unspecified atom stereocenters. The van der Waals surface area contributed by atoms with Gasteiger partial charge in [0.25, 0.3) is 0 Å². The summed E-state index contributed by atoms with van der Waals surface area (Å²) in [5.41, 5.74) is 0.755. The van der Waals surface area contributed by atoms with Crippen LogP contribution in [0, 0.1) is 17.2 Å². The molecule has 1 saturated carbocycles. The molecule has 2 nitrogen and oxygen atoms in total. The Morgan fingerprint density at radius 1 is 1.25 bits per heavy atom. The Balaban J connectivity index is 1.92. The summed E-state index contributed by atoms with van der Waals surface area (Å²) in [4.78, 5) is 12.2. The average molecular weight is 290 g/mol. The molecule has 0 N–H and O–H groups in total. The minimum atomic E-state index is -0.643. The fourth-order valence-electron chi connectivity index (χ4n) is 2.95. The topological polar surface area (TPSA) is 40.9 Å². The van der Waals surface area contributed by atoms with Crippen molar-refractivity contribution in [3.05, 3.63) is 34.9 Å². The van der Waals surface area contributed by atoms with Crippen molar-refractivity contribution in [2.75, 3.05) is 0 Å². The molecule has 1 aromatic carbocycles. The van der Waals surface area contributed by atoms with Crippen LogP contribution in [0.5, 0.6) is 0 Å². The number of hydrogen-bond donors (Lipinski definition) is 0. The smallest absolute Gasteiger partial charge is 0.154 e. The Labute approximate surface area is 125 Å². The fraction of sp³-hybridized carbons (Fsp3) is 0.529. The highest BCUT2D eigenvalue weighted by molar-refractivity contribution is 6.30. The fourth-order valence-corrected chi connectivity index (χ4v) is 3.08.